The zero-order valence-electron chi connectivity index (χ0n) is 17.8. The summed E-state index contributed by atoms with van der Waals surface area (Å²) in [6.45, 7) is 14.9. The number of guanidine groups is 1. The minimum Gasteiger partial charge on any atom is -0.355 e. The summed E-state index contributed by atoms with van der Waals surface area (Å²) in [5, 5.41) is 9.71. The van der Waals surface area contributed by atoms with Gasteiger partial charge in [-0.15, -0.1) is 0 Å². The smallest absolute Gasteiger partial charge is 0.225 e. The normalized spacial score (nSPS) is 18.3. The molecule has 0 saturated carbocycles. The monoisotopic (exact) mass is 367 g/mol. The van der Waals surface area contributed by atoms with E-state index in [1.807, 2.05) is 20.8 Å². The number of hydrogen-bond acceptors (Lipinski definition) is 3. The van der Waals surface area contributed by atoms with E-state index in [1.165, 1.54) is 38.8 Å². The van der Waals surface area contributed by atoms with Gasteiger partial charge in [0.25, 0.3) is 0 Å². The molecule has 1 unspecified atom stereocenters. The van der Waals surface area contributed by atoms with E-state index in [9.17, 15) is 4.79 Å². The Kier molecular flexibility index (Phi) is 9.99. The predicted octanol–water partition coefficient (Wildman–Crippen LogP) is 2.21. The molecule has 0 aromatic heterocycles. The molecule has 1 fully saturated rings. The van der Waals surface area contributed by atoms with Gasteiger partial charge in [0, 0.05) is 38.1 Å². The molecule has 1 heterocycles. The van der Waals surface area contributed by atoms with E-state index in [-0.39, 0.29) is 11.3 Å². The zero-order valence-corrected chi connectivity index (χ0v) is 17.8. The fraction of sp³-hybridized carbons (Fsp3) is 0.900. The summed E-state index contributed by atoms with van der Waals surface area (Å²) in [5.41, 5.74) is -0.350. The Morgan fingerprint density at radius 1 is 1.00 bits per heavy atom. The third kappa shape index (κ3) is 8.39. The van der Waals surface area contributed by atoms with Gasteiger partial charge in [0.15, 0.2) is 5.96 Å². The summed E-state index contributed by atoms with van der Waals surface area (Å²) in [5.74, 6) is 1.48. The first-order valence-electron chi connectivity index (χ1n) is 10.2. The van der Waals surface area contributed by atoms with Gasteiger partial charge in [0.1, 0.15) is 0 Å². The van der Waals surface area contributed by atoms with Crippen LogP contribution in [0.3, 0.4) is 0 Å². The topological polar surface area (TPSA) is 68.8 Å². The number of aliphatic imine (C=N–C) groups is 1. The van der Waals surface area contributed by atoms with E-state index in [0.717, 1.165) is 12.5 Å². The van der Waals surface area contributed by atoms with Crippen molar-refractivity contribution in [2.75, 3.05) is 39.8 Å². The third-order valence-corrected chi connectivity index (χ3v) is 4.97. The van der Waals surface area contributed by atoms with Crippen molar-refractivity contribution in [1.82, 2.24) is 20.9 Å². The Labute approximate surface area is 160 Å². The van der Waals surface area contributed by atoms with Crippen LogP contribution < -0.4 is 16.0 Å². The first kappa shape index (κ1) is 22.7. The van der Waals surface area contributed by atoms with Crippen molar-refractivity contribution in [2.45, 2.75) is 66.3 Å². The van der Waals surface area contributed by atoms with E-state index < -0.39 is 0 Å². The summed E-state index contributed by atoms with van der Waals surface area (Å²) < 4.78 is 0. The number of carbonyl (C=O) groups excluding carboxylic acids is 1. The minimum atomic E-state index is -0.350. The highest BCUT2D eigenvalue weighted by molar-refractivity contribution is 5.81. The van der Waals surface area contributed by atoms with Crippen molar-refractivity contribution in [3.05, 3.63) is 0 Å². The molecule has 1 aliphatic heterocycles. The fourth-order valence-electron chi connectivity index (χ4n) is 3.26. The molecule has 1 atom stereocenters. The van der Waals surface area contributed by atoms with Crippen molar-refractivity contribution in [2.24, 2.45) is 16.3 Å². The molecule has 3 N–H and O–H groups in total. The maximum absolute atomic E-state index is 11.9. The van der Waals surface area contributed by atoms with E-state index in [2.05, 4.69) is 39.7 Å². The molecule has 1 aliphatic rings. The van der Waals surface area contributed by atoms with Crippen molar-refractivity contribution in [3.8, 4) is 0 Å². The second-order valence-electron chi connectivity index (χ2n) is 8.65. The van der Waals surface area contributed by atoms with Crippen LogP contribution in [0.15, 0.2) is 4.99 Å². The lowest BCUT2D eigenvalue weighted by atomic mass is 9.96. The van der Waals surface area contributed by atoms with Crippen LogP contribution in [-0.2, 0) is 4.79 Å². The number of carbonyl (C=O) groups is 1. The first-order valence-corrected chi connectivity index (χ1v) is 10.2. The van der Waals surface area contributed by atoms with E-state index in [1.54, 1.807) is 7.05 Å². The van der Waals surface area contributed by atoms with Gasteiger partial charge in [0.05, 0.1) is 0 Å². The molecule has 1 saturated heterocycles. The lowest BCUT2D eigenvalue weighted by molar-refractivity contribution is -0.128. The average Bonchev–Trinajstić information content (AvgIpc) is 2.84. The molecule has 26 heavy (non-hydrogen) atoms. The molecule has 0 aliphatic carbocycles. The lowest BCUT2D eigenvalue weighted by Crippen LogP contribution is -2.50. The van der Waals surface area contributed by atoms with Gasteiger partial charge in [-0.2, -0.15) is 0 Å². The maximum Gasteiger partial charge on any atom is 0.225 e. The summed E-state index contributed by atoms with van der Waals surface area (Å²) >= 11 is 0. The van der Waals surface area contributed by atoms with Gasteiger partial charge in [-0.05, 0) is 31.8 Å². The maximum atomic E-state index is 11.9. The van der Waals surface area contributed by atoms with Gasteiger partial charge in [-0.25, -0.2) is 0 Å². The van der Waals surface area contributed by atoms with Gasteiger partial charge in [-0.1, -0.05) is 47.5 Å². The van der Waals surface area contributed by atoms with Crippen molar-refractivity contribution in [3.63, 3.8) is 0 Å². The second kappa shape index (κ2) is 11.4. The molecular weight excluding hydrogens is 326 g/mol. The highest BCUT2D eigenvalue weighted by atomic mass is 16.2. The molecule has 0 radical (unpaired) electrons. The molecule has 0 aromatic carbocycles. The number of likely N-dealkylation sites (tertiary alicyclic amines) is 1. The number of nitrogens with zero attached hydrogens (tertiary/aromatic N) is 2. The Balaban J connectivity index is 2.39. The molecule has 6 heteroatoms. The van der Waals surface area contributed by atoms with E-state index in [0.29, 0.717) is 25.0 Å². The summed E-state index contributed by atoms with van der Waals surface area (Å²) in [7, 11) is 1.79. The molecule has 6 nitrogen and oxygen atoms in total. The SMILES string of the molecule is CN=C(NCCNC(=O)C(C)(C)C)NCC(C(C)C)N1CCCCCC1. The van der Waals surface area contributed by atoms with Crippen molar-refractivity contribution < 1.29 is 4.79 Å². The Morgan fingerprint density at radius 3 is 2.08 bits per heavy atom. The van der Waals surface area contributed by atoms with Crippen LogP contribution in [0, 0.1) is 11.3 Å². The van der Waals surface area contributed by atoms with Crippen LogP contribution in [0.25, 0.3) is 0 Å². The molecule has 1 amide bonds. The molecule has 0 aromatic rings. The van der Waals surface area contributed by atoms with Crippen LogP contribution in [0.2, 0.25) is 0 Å². The quantitative estimate of drug-likeness (QED) is 0.367. The molecule has 1 rings (SSSR count). The van der Waals surface area contributed by atoms with Crippen LogP contribution in [0.4, 0.5) is 0 Å². The lowest BCUT2D eigenvalue weighted by Gasteiger charge is -2.34. The minimum absolute atomic E-state index is 0.0725. The van der Waals surface area contributed by atoms with Gasteiger partial charge >= 0.3 is 0 Å². The fourth-order valence-corrected chi connectivity index (χ4v) is 3.26. The summed E-state index contributed by atoms with van der Waals surface area (Å²) in [6, 6.07) is 0.521. The van der Waals surface area contributed by atoms with Crippen LogP contribution >= 0.6 is 0 Å². The van der Waals surface area contributed by atoms with Gasteiger partial charge < -0.3 is 16.0 Å². The predicted molar refractivity (Wildman–Crippen MR) is 110 cm³/mol. The Hall–Kier alpha value is -1.30. The molecule has 0 spiro atoms. The van der Waals surface area contributed by atoms with Gasteiger partial charge in [0.2, 0.25) is 5.91 Å². The Morgan fingerprint density at radius 2 is 1.58 bits per heavy atom. The van der Waals surface area contributed by atoms with Crippen LogP contribution in [0.1, 0.15) is 60.3 Å². The second-order valence-corrected chi connectivity index (χ2v) is 8.65. The number of nitrogens with one attached hydrogen (secondary N) is 3. The molecular formula is C20H41N5O. The van der Waals surface area contributed by atoms with Crippen molar-refractivity contribution in [1.29, 1.82) is 0 Å². The highest BCUT2D eigenvalue weighted by Crippen LogP contribution is 2.17. The van der Waals surface area contributed by atoms with Crippen LogP contribution in [0.5, 0.6) is 0 Å². The van der Waals surface area contributed by atoms with E-state index in [4.69, 9.17) is 0 Å². The molecule has 0 bridgehead atoms. The number of amides is 1. The number of hydrogen-bond donors (Lipinski definition) is 3. The number of rotatable bonds is 7. The summed E-state index contributed by atoms with van der Waals surface area (Å²) in [6.07, 6.45) is 5.34. The molecule has 152 valence electrons. The average molecular weight is 368 g/mol. The standard InChI is InChI=1S/C20H41N5O/c1-16(2)17(25-13-9-7-8-10-14-25)15-24-19(21-6)23-12-11-22-18(26)20(3,4)5/h16-17H,7-15H2,1-6H3,(H,22,26)(H2,21,23,24). The van der Waals surface area contributed by atoms with Crippen molar-refractivity contribution >= 4 is 11.9 Å². The summed E-state index contributed by atoms with van der Waals surface area (Å²) in [4.78, 5) is 18.8. The highest BCUT2D eigenvalue weighted by Gasteiger charge is 2.23. The van der Waals surface area contributed by atoms with Crippen LogP contribution in [-0.4, -0.2) is 62.6 Å². The van der Waals surface area contributed by atoms with Gasteiger partial charge in [-0.3, -0.25) is 14.7 Å². The zero-order chi connectivity index (χ0) is 19.6. The first-order chi connectivity index (χ1) is 12.3. The van der Waals surface area contributed by atoms with E-state index >= 15 is 0 Å². The third-order valence-electron chi connectivity index (χ3n) is 4.97. The largest absolute Gasteiger partial charge is 0.355 e. The Bertz CT molecular complexity index is 434.